The molecule has 0 rings (SSSR count). The summed E-state index contributed by atoms with van der Waals surface area (Å²) < 4.78 is 0. The van der Waals surface area contributed by atoms with Crippen LogP contribution in [0.2, 0.25) is 0 Å². The van der Waals surface area contributed by atoms with Gasteiger partial charge in [0.25, 0.3) is 0 Å². The molecule has 2 nitrogen and oxygen atoms in total. The van der Waals surface area contributed by atoms with Crippen molar-refractivity contribution in [2.75, 3.05) is 6.61 Å². The van der Waals surface area contributed by atoms with Gasteiger partial charge < -0.3 is 10.4 Å². The van der Waals surface area contributed by atoms with Crippen molar-refractivity contribution < 1.29 is 5.11 Å². The van der Waals surface area contributed by atoms with E-state index in [2.05, 4.69) is 39.9 Å². The minimum atomic E-state index is 0.235. The zero-order valence-electron chi connectivity index (χ0n) is 9.67. The first-order chi connectivity index (χ1) is 6.02. The fourth-order valence-corrected chi connectivity index (χ4v) is 1.31. The molecule has 0 aromatic heterocycles. The van der Waals surface area contributed by atoms with Gasteiger partial charge in [-0.1, -0.05) is 34.1 Å². The van der Waals surface area contributed by atoms with Gasteiger partial charge in [0.05, 0.1) is 6.61 Å². The van der Waals surface area contributed by atoms with Crippen LogP contribution in [0.1, 0.15) is 41.0 Å². The Labute approximate surface area is 82.7 Å². The summed E-state index contributed by atoms with van der Waals surface area (Å²) in [5.74, 6) is 1.17. The summed E-state index contributed by atoms with van der Waals surface area (Å²) in [4.78, 5) is 0. The third-order valence-corrected chi connectivity index (χ3v) is 2.98. The molecule has 0 saturated carbocycles. The van der Waals surface area contributed by atoms with Crippen LogP contribution in [0.15, 0.2) is 0 Å². The first-order valence-corrected chi connectivity index (χ1v) is 5.39. The third kappa shape index (κ3) is 4.63. The monoisotopic (exact) mass is 187 g/mol. The summed E-state index contributed by atoms with van der Waals surface area (Å²) in [6, 6.07) is 0.730. The lowest BCUT2D eigenvalue weighted by Gasteiger charge is -2.28. The number of hydrogen-bond acceptors (Lipinski definition) is 2. The summed E-state index contributed by atoms with van der Waals surface area (Å²) in [5, 5.41) is 12.6. The summed E-state index contributed by atoms with van der Waals surface area (Å²) in [6.07, 6.45) is 1.18. The maximum Gasteiger partial charge on any atom is 0.0587 e. The van der Waals surface area contributed by atoms with E-state index >= 15 is 0 Å². The second kappa shape index (κ2) is 6.39. The zero-order valence-corrected chi connectivity index (χ0v) is 9.67. The second-order valence-electron chi connectivity index (χ2n) is 4.37. The molecule has 0 fully saturated rings. The maximum absolute atomic E-state index is 9.14. The van der Waals surface area contributed by atoms with Crippen molar-refractivity contribution >= 4 is 0 Å². The van der Waals surface area contributed by atoms with Crippen molar-refractivity contribution in [2.45, 2.75) is 53.1 Å². The average Bonchev–Trinajstić information content (AvgIpc) is 2.11. The van der Waals surface area contributed by atoms with Gasteiger partial charge in [-0.2, -0.15) is 0 Å². The highest BCUT2D eigenvalue weighted by molar-refractivity contribution is 4.76. The van der Waals surface area contributed by atoms with Crippen LogP contribution in [0.5, 0.6) is 0 Å². The van der Waals surface area contributed by atoms with Gasteiger partial charge in [0, 0.05) is 12.1 Å². The van der Waals surface area contributed by atoms with Gasteiger partial charge in [0.2, 0.25) is 0 Å². The van der Waals surface area contributed by atoms with Crippen molar-refractivity contribution in [3.05, 3.63) is 0 Å². The number of aliphatic hydroxyl groups excluding tert-OH is 1. The predicted molar refractivity (Wildman–Crippen MR) is 57.8 cm³/mol. The van der Waals surface area contributed by atoms with E-state index in [0.717, 1.165) is 0 Å². The molecule has 0 spiro atoms. The van der Waals surface area contributed by atoms with Crippen LogP contribution >= 0.6 is 0 Å². The van der Waals surface area contributed by atoms with Crippen molar-refractivity contribution in [3.8, 4) is 0 Å². The van der Waals surface area contributed by atoms with Crippen LogP contribution in [0.3, 0.4) is 0 Å². The molecule has 80 valence electrons. The molecule has 0 aromatic carbocycles. The number of nitrogens with one attached hydrogen (secondary N) is 1. The Morgan fingerprint density at radius 1 is 1.15 bits per heavy atom. The molecule has 2 heteroatoms. The third-order valence-electron chi connectivity index (χ3n) is 2.98. The largest absolute Gasteiger partial charge is 0.395 e. The van der Waals surface area contributed by atoms with Gasteiger partial charge in [-0.25, -0.2) is 0 Å². The van der Waals surface area contributed by atoms with Gasteiger partial charge in [-0.3, -0.25) is 0 Å². The van der Waals surface area contributed by atoms with E-state index in [1.54, 1.807) is 0 Å². The lowest BCUT2D eigenvalue weighted by Crippen LogP contribution is -2.44. The van der Waals surface area contributed by atoms with Crippen molar-refractivity contribution in [1.82, 2.24) is 5.32 Å². The van der Waals surface area contributed by atoms with Crippen molar-refractivity contribution in [2.24, 2.45) is 11.8 Å². The fraction of sp³-hybridized carbons (Fsp3) is 1.00. The molecular formula is C11H25NO. The SMILES string of the molecule is CCC(C)C(C)N[C@H](CO)C(C)C. The first-order valence-electron chi connectivity index (χ1n) is 5.39. The molecule has 2 N–H and O–H groups in total. The lowest BCUT2D eigenvalue weighted by atomic mass is 9.97. The van der Waals surface area contributed by atoms with Crippen LogP contribution < -0.4 is 5.32 Å². The Balaban J connectivity index is 3.93. The summed E-state index contributed by atoms with van der Waals surface area (Å²) in [6.45, 7) is 11.1. The minimum absolute atomic E-state index is 0.235. The lowest BCUT2D eigenvalue weighted by molar-refractivity contribution is 0.189. The molecule has 0 aliphatic carbocycles. The number of rotatable bonds is 6. The zero-order chi connectivity index (χ0) is 10.4. The molecule has 0 bridgehead atoms. The Bertz CT molecular complexity index is 125. The van der Waals surface area contributed by atoms with Gasteiger partial charge in [0.1, 0.15) is 0 Å². The molecule has 0 aromatic rings. The number of aliphatic hydroxyl groups is 1. The van der Waals surface area contributed by atoms with Gasteiger partial charge in [-0.15, -0.1) is 0 Å². The highest BCUT2D eigenvalue weighted by Gasteiger charge is 2.17. The van der Waals surface area contributed by atoms with E-state index in [1.165, 1.54) is 6.42 Å². The van der Waals surface area contributed by atoms with Crippen LogP contribution in [-0.2, 0) is 0 Å². The molecule has 0 radical (unpaired) electrons. The van der Waals surface area contributed by atoms with Crippen LogP contribution in [0.25, 0.3) is 0 Å². The molecule has 3 atom stereocenters. The van der Waals surface area contributed by atoms with Crippen molar-refractivity contribution in [1.29, 1.82) is 0 Å². The second-order valence-corrected chi connectivity index (χ2v) is 4.37. The van der Waals surface area contributed by atoms with Gasteiger partial charge in [0.15, 0.2) is 0 Å². The van der Waals surface area contributed by atoms with Crippen molar-refractivity contribution in [3.63, 3.8) is 0 Å². The van der Waals surface area contributed by atoms with Crippen LogP contribution in [0.4, 0.5) is 0 Å². The highest BCUT2D eigenvalue weighted by atomic mass is 16.3. The van der Waals surface area contributed by atoms with E-state index in [9.17, 15) is 0 Å². The van der Waals surface area contributed by atoms with E-state index in [0.29, 0.717) is 17.9 Å². The molecule has 0 aliphatic heterocycles. The summed E-state index contributed by atoms with van der Waals surface area (Å²) in [7, 11) is 0. The molecule has 0 saturated heterocycles. The number of hydrogen-bond donors (Lipinski definition) is 2. The van der Waals surface area contributed by atoms with E-state index < -0.39 is 0 Å². The van der Waals surface area contributed by atoms with Gasteiger partial charge in [-0.05, 0) is 18.8 Å². The maximum atomic E-state index is 9.14. The standard InChI is InChI=1S/C11H25NO/c1-6-9(4)10(5)12-11(7-13)8(2)3/h8-13H,6-7H2,1-5H3/t9?,10?,11-/m1/s1. The fourth-order valence-electron chi connectivity index (χ4n) is 1.31. The van der Waals surface area contributed by atoms with E-state index in [-0.39, 0.29) is 12.6 Å². The Kier molecular flexibility index (Phi) is 6.35. The molecule has 13 heavy (non-hydrogen) atoms. The smallest absolute Gasteiger partial charge is 0.0587 e. The van der Waals surface area contributed by atoms with Crippen LogP contribution in [0, 0.1) is 11.8 Å². The Morgan fingerprint density at radius 3 is 2.00 bits per heavy atom. The molecular weight excluding hydrogens is 162 g/mol. The molecule has 0 heterocycles. The highest BCUT2D eigenvalue weighted by Crippen LogP contribution is 2.10. The minimum Gasteiger partial charge on any atom is -0.395 e. The summed E-state index contributed by atoms with van der Waals surface area (Å²) >= 11 is 0. The molecule has 2 unspecified atom stereocenters. The first kappa shape index (κ1) is 12.9. The van der Waals surface area contributed by atoms with Crippen LogP contribution in [-0.4, -0.2) is 23.8 Å². The normalized spacial score (nSPS) is 18.7. The quantitative estimate of drug-likeness (QED) is 0.667. The predicted octanol–water partition coefficient (Wildman–Crippen LogP) is 2.03. The molecule has 0 amide bonds. The van der Waals surface area contributed by atoms with E-state index in [1.807, 2.05) is 0 Å². The summed E-state index contributed by atoms with van der Waals surface area (Å²) in [5.41, 5.74) is 0. The topological polar surface area (TPSA) is 32.3 Å². The van der Waals surface area contributed by atoms with Gasteiger partial charge >= 0.3 is 0 Å². The van der Waals surface area contributed by atoms with E-state index in [4.69, 9.17) is 5.11 Å². The molecule has 0 aliphatic rings. The Hall–Kier alpha value is -0.0800. The average molecular weight is 187 g/mol. The Morgan fingerprint density at radius 2 is 1.69 bits per heavy atom.